The van der Waals surface area contributed by atoms with E-state index < -0.39 is 0 Å². The van der Waals surface area contributed by atoms with Gasteiger partial charge in [0.15, 0.2) is 0 Å². The molecule has 0 saturated carbocycles. The Bertz CT molecular complexity index is 375. The highest BCUT2D eigenvalue weighted by atomic mass is 14.9. The van der Waals surface area contributed by atoms with Crippen molar-refractivity contribution in [3.63, 3.8) is 0 Å². The van der Waals surface area contributed by atoms with Crippen molar-refractivity contribution in [1.82, 2.24) is 15.3 Å². The summed E-state index contributed by atoms with van der Waals surface area (Å²) in [4.78, 5) is 7.40. The molecule has 2 heterocycles. The minimum absolute atomic E-state index is 0.973. The standard InChI is InChI=1S/C8H8N2.C4H9N/c1-6-9-7-4-2-3-5-8(7)10-6;1-2-4-5-3-1/h2-5H,1H3,(H,9,10);5H,1-4H2. The molecule has 0 unspecified atom stereocenters. The summed E-state index contributed by atoms with van der Waals surface area (Å²) in [6.07, 6.45) is 2.78. The lowest BCUT2D eigenvalue weighted by atomic mass is 10.3. The smallest absolute Gasteiger partial charge is 0.104 e. The molecule has 3 rings (SSSR count). The molecule has 3 nitrogen and oxygen atoms in total. The van der Waals surface area contributed by atoms with Crippen LogP contribution in [0, 0.1) is 6.92 Å². The van der Waals surface area contributed by atoms with Crippen molar-refractivity contribution in [2.75, 3.05) is 13.1 Å². The third kappa shape index (κ3) is 2.80. The van der Waals surface area contributed by atoms with Crippen molar-refractivity contribution in [3.8, 4) is 0 Å². The molecule has 1 fully saturated rings. The summed E-state index contributed by atoms with van der Waals surface area (Å²) in [7, 11) is 0. The van der Waals surface area contributed by atoms with Gasteiger partial charge in [-0.25, -0.2) is 4.98 Å². The predicted octanol–water partition coefficient (Wildman–Crippen LogP) is 2.24. The molecule has 1 aliphatic rings. The number of aryl methyl sites for hydroxylation is 1. The Balaban J connectivity index is 0.000000144. The zero-order valence-electron chi connectivity index (χ0n) is 9.09. The van der Waals surface area contributed by atoms with E-state index in [1.165, 1.54) is 25.9 Å². The summed E-state index contributed by atoms with van der Waals surface area (Å²) in [5.74, 6) is 0.973. The number of para-hydroxylation sites is 2. The number of aromatic amines is 1. The van der Waals surface area contributed by atoms with Crippen LogP contribution in [0.15, 0.2) is 24.3 Å². The minimum Gasteiger partial charge on any atom is -0.342 e. The van der Waals surface area contributed by atoms with E-state index >= 15 is 0 Å². The molecule has 1 aromatic heterocycles. The van der Waals surface area contributed by atoms with Crippen LogP contribution in [0.3, 0.4) is 0 Å². The van der Waals surface area contributed by atoms with Gasteiger partial charge in [0.2, 0.25) is 0 Å². The van der Waals surface area contributed by atoms with Crippen LogP contribution < -0.4 is 5.32 Å². The molecular formula is C12H17N3. The molecule has 0 spiro atoms. The molecule has 15 heavy (non-hydrogen) atoms. The number of H-pyrrole nitrogens is 1. The molecule has 80 valence electrons. The van der Waals surface area contributed by atoms with Gasteiger partial charge in [-0.1, -0.05) is 12.1 Å². The van der Waals surface area contributed by atoms with E-state index in [2.05, 4.69) is 15.3 Å². The third-order valence-corrected chi connectivity index (χ3v) is 2.46. The van der Waals surface area contributed by atoms with Gasteiger partial charge in [-0.3, -0.25) is 0 Å². The van der Waals surface area contributed by atoms with Crippen molar-refractivity contribution < 1.29 is 0 Å². The number of hydrogen-bond donors (Lipinski definition) is 2. The maximum atomic E-state index is 4.26. The Kier molecular flexibility index (Phi) is 3.35. The average Bonchev–Trinajstić information content (AvgIpc) is 2.87. The van der Waals surface area contributed by atoms with Gasteiger partial charge in [-0.05, 0) is 45.0 Å². The second kappa shape index (κ2) is 4.94. The molecule has 1 aromatic carbocycles. The average molecular weight is 203 g/mol. The molecular weight excluding hydrogens is 186 g/mol. The lowest BCUT2D eigenvalue weighted by Gasteiger charge is -1.81. The van der Waals surface area contributed by atoms with E-state index in [1.807, 2.05) is 31.2 Å². The van der Waals surface area contributed by atoms with Gasteiger partial charge in [-0.15, -0.1) is 0 Å². The molecule has 1 saturated heterocycles. The van der Waals surface area contributed by atoms with Crippen LogP contribution in [0.4, 0.5) is 0 Å². The third-order valence-electron chi connectivity index (χ3n) is 2.46. The highest BCUT2D eigenvalue weighted by molar-refractivity contribution is 5.74. The Morgan fingerprint density at radius 1 is 1.13 bits per heavy atom. The van der Waals surface area contributed by atoms with Crippen LogP contribution in [-0.4, -0.2) is 23.1 Å². The van der Waals surface area contributed by atoms with Crippen LogP contribution in [0.5, 0.6) is 0 Å². The second-order valence-electron chi connectivity index (χ2n) is 3.80. The summed E-state index contributed by atoms with van der Waals surface area (Å²) in [5.41, 5.74) is 2.15. The Labute approximate surface area is 89.9 Å². The number of hydrogen-bond acceptors (Lipinski definition) is 2. The Morgan fingerprint density at radius 3 is 2.47 bits per heavy atom. The van der Waals surface area contributed by atoms with Crippen LogP contribution in [0.1, 0.15) is 18.7 Å². The fraction of sp³-hybridized carbons (Fsp3) is 0.417. The highest BCUT2D eigenvalue weighted by Crippen LogP contribution is 2.08. The van der Waals surface area contributed by atoms with Crippen LogP contribution >= 0.6 is 0 Å². The molecule has 0 bridgehead atoms. The summed E-state index contributed by atoms with van der Waals surface area (Å²) in [6, 6.07) is 8.01. The molecule has 2 N–H and O–H groups in total. The summed E-state index contributed by atoms with van der Waals surface area (Å²) in [6.45, 7) is 4.46. The zero-order valence-corrected chi connectivity index (χ0v) is 9.09. The first-order valence-corrected chi connectivity index (χ1v) is 5.48. The lowest BCUT2D eigenvalue weighted by Crippen LogP contribution is -2.03. The molecule has 3 heteroatoms. The first-order chi connectivity index (χ1) is 7.36. The molecule has 0 aliphatic carbocycles. The van der Waals surface area contributed by atoms with Gasteiger partial charge in [0.1, 0.15) is 5.82 Å². The van der Waals surface area contributed by atoms with Gasteiger partial charge in [0.05, 0.1) is 11.0 Å². The first-order valence-electron chi connectivity index (χ1n) is 5.48. The monoisotopic (exact) mass is 203 g/mol. The van der Waals surface area contributed by atoms with E-state index in [9.17, 15) is 0 Å². The van der Waals surface area contributed by atoms with E-state index in [-0.39, 0.29) is 0 Å². The Hall–Kier alpha value is -1.35. The molecule has 0 atom stereocenters. The quantitative estimate of drug-likeness (QED) is 0.689. The normalized spacial score (nSPS) is 15.0. The SMILES string of the molecule is C1CCNC1.Cc1nc2ccccc2[nH]1. The van der Waals surface area contributed by atoms with Gasteiger partial charge in [0.25, 0.3) is 0 Å². The fourth-order valence-corrected chi connectivity index (χ4v) is 1.71. The number of benzene rings is 1. The number of rotatable bonds is 0. The summed E-state index contributed by atoms with van der Waals surface area (Å²) < 4.78 is 0. The van der Waals surface area contributed by atoms with Crippen LogP contribution in [0.25, 0.3) is 11.0 Å². The van der Waals surface area contributed by atoms with E-state index in [4.69, 9.17) is 0 Å². The Morgan fingerprint density at radius 2 is 1.87 bits per heavy atom. The van der Waals surface area contributed by atoms with Gasteiger partial charge in [0, 0.05) is 0 Å². The number of nitrogens with zero attached hydrogens (tertiary/aromatic N) is 1. The molecule has 2 aromatic rings. The van der Waals surface area contributed by atoms with Crippen molar-refractivity contribution in [2.24, 2.45) is 0 Å². The number of aromatic nitrogens is 2. The maximum Gasteiger partial charge on any atom is 0.104 e. The highest BCUT2D eigenvalue weighted by Gasteiger charge is 1.94. The first kappa shape index (κ1) is 10.2. The van der Waals surface area contributed by atoms with Gasteiger partial charge >= 0.3 is 0 Å². The predicted molar refractivity (Wildman–Crippen MR) is 62.9 cm³/mol. The lowest BCUT2D eigenvalue weighted by molar-refractivity contribution is 0.857. The van der Waals surface area contributed by atoms with Crippen LogP contribution in [-0.2, 0) is 0 Å². The molecule has 1 aliphatic heterocycles. The number of imidazole rings is 1. The molecule has 0 amide bonds. The second-order valence-corrected chi connectivity index (χ2v) is 3.80. The van der Waals surface area contributed by atoms with E-state index in [0.29, 0.717) is 0 Å². The van der Waals surface area contributed by atoms with E-state index in [1.54, 1.807) is 0 Å². The number of nitrogens with one attached hydrogen (secondary N) is 2. The maximum absolute atomic E-state index is 4.26. The van der Waals surface area contributed by atoms with Crippen molar-refractivity contribution in [3.05, 3.63) is 30.1 Å². The van der Waals surface area contributed by atoms with Gasteiger partial charge < -0.3 is 10.3 Å². The zero-order chi connectivity index (χ0) is 10.5. The fourth-order valence-electron chi connectivity index (χ4n) is 1.71. The van der Waals surface area contributed by atoms with Crippen LogP contribution in [0.2, 0.25) is 0 Å². The van der Waals surface area contributed by atoms with E-state index in [0.717, 1.165) is 16.9 Å². The van der Waals surface area contributed by atoms with Crippen molar-refractivity contribution in [2.45, 2.75) is 19.8 Å². The largest absolute Gasteiger partial charge is 0.342 e. The van der Waals surface area contributed by atoms with Crippen molar-refractivity contribution >= 4 is 11.0 Å². The summed E-state index contributed by atoms with van der Waals surface area (Å²) >= 11 is 0. The van der Waals surface area contributed by atoms with Crippen molar-refractivity contribution in [1.29, 1.82) is 0 Å². The number of fused-ring (bicyclic) bond motifs is 1. The molecule has 0 radical (unpaired) electrons. The topological polar surface area (TPSA) is 40.7 Å². The minimum atomic E-state index is 0.973. The summed E-state index contributed by atoms with van der Waals surface area (Å²) in [5, 5.41) is 3.22. The van der Waals surface area contributed by atoms with Gasteiger partial charge in [-0.2, -0.15) is 0 Å².